The molecule has 12 aromatic rings. The van der Waals surface area contributed by atoms with E-state index in [1.165, 1.54) is 197 Å². The molecule has 492 valence electrons. The molecule has 0 saturated carbocycles. The van der Waals surface area contributed by atoms with E-state index in [1.54, 1.807) is 0 Å². The first-order chi connectivity index (χ1) is 45.5. The Bertz CT molecular complexity index is 4440. The second-order valence-corrected chi connectivity index (χ2v) is 32.4. The standard InChI is InChI=1S/C15H18P2.4C14H16P2.C13H14P2/c1-9-8-13(16)4-5-14(9)12-6-10(2)15(17)11(3)7-12;1-9-8-12(15)4-5-13(9)11-3-6-14(16)10(2)7-11;2*1-9-7-11(3-5-13(9)15)12-4-6-14(16)10(2)8-12;1-9-7-12(8-10(2)14(9)16)11-3-5-13(15)6-4-11;1-9-8-11(4-7-13(9)15)10-2-5-12(14)6-3-10/h4-8H,16-17H2,1-3H3;4*3-8H,15-16H2,1-2H3;2-8H,14-15H2,1H3. The van der Waals surface area contributed by atoms with Crippen LogP contribution in [-0.2, 0) is 0 Å². The molecule has 0 aromatic heterocycles. The minimum Gasteiger partial charge on any atom is -0.106 e. The number of hydrogen-bond donors (Lipinski definition) is 0. The van der Waals surface area contributed by atoms with Crippen molar-refractivity contribution < 1.29 is 0 Å². The summed E-state index contributed by atoms with van der Waals surface area (Å²) < 4.78 is 0. The van der Waals surface area contributed by atoms with Gasteiger partial charge in [0.25, 0.3) is 0 Å². The lowest BCUT2D eigenvalue weighted by molar-refractivity contribution is 1.41. The Balaban J connectivity index is 0.000000163. The third-order valence-corrected chi connectivity index (χ3v) is 24.3. The van der Waals surface area contributed by atoms with Crippen molar-refractivity contribution in [3.05, 3.63) is 285 Å². The molecule has 12 unspecified atom stereocenters. The molecule has 0 amide bonds. The SMILES string of the molecule is Cc1cc(-c2ccc(P)c(C)c2)ccc1P.Cc1cc(-c2ccc(P)c(C)c2)ccc1P.Cc1cc(-c2ccc(P)cc2)cc(C)c1P.Cc1cc(-c2ccc(P)cc2)ccc1P.Cc1cc(-c2ccc(P)cc2C)ccc1P.Cc1cc(P)ccc1-c1cc(C)c(P)c(C)c1. The fraction of sp³-hybridized carbons (Fsp3) is 0.143. The zero-order chi connectivity index (χ0) is 70.2. The highest BCUT2D eigenvalue weighted by molar-refractivity contribution is 7.30. The van der Waals surface area contributed by atoms with Crippen molar-refractivity contribution in [2.75, 3.05) is 0 Å². The number of benzene rings is 12. The molecule has 12 atom stereocenters. The second-order valence-electron chi connectivity index (χ2n) is 24.9. The molecule has 0 aliphatic heterocycles. The van der Waals surface area contributed by atoms with Crippen LogP contribution in [0, 0.1) is 83.1 Å². The van der Waals surface area contributed by atoms with Gasteiger partial charge in [-0.15, -0.1) is 111 Å². The smallest absolute Gasteiger partial charge is 0.0154 e. The molecule has 0 fully saturated rings. The minimum atomic E-state index is 1.22. The van der Waals surface area contributed by atoms with Gasteiger partial charge in [-0.2, -0.15) is 0 Å². The molecule has 12 rings (SSSR count). The van der Waals surface area contributed by atoms with E-state index in [1.807, 2.05) is 0 Å². The first kappa shape index (κ1) is 79.1. The molecular formula is C84H96P12. The summed E-state index contributed by atoms with van der Waals surface area (Å²) >= 11 is 0. The first-order valence-corrected chi connectivity index (χ1v) is 38.7. The molecule has 12 aromatic carbocycles. The van der Waals surface area contributed by atoms with Gasteiger partial charge in [-0.05, 0) is 280 Å². The fourth-order valence-electron chi connectivity index (χ4n) is 10.8. The topological polar surface area (TPSA) is 0 Å². The normalized spacial score (nSPS) is 10.5. The molecule has 12 heteroatoms. The molecule has 0 aliphatic carbocycles. The first-order valence-electron chi connectivity index (χ1n) is 31.8. The van der Waals surface area contributed by atoms with Crippen molar-refractivity contribution in [1.82, 2.24) is 0 Å². The van der Waals surface area contributed by atoms with Gasteiger partial charge in [-0.1, -0.05) is 218 Å². The van der Waals surface area contributed by atoms with Gasteiger partial charge in [0.1, 0.15) is 0 Å². The summed E-state index contributed by atoms with van der Waals surface area (Å²) in [5, 5.41) is 15.1. The highest BCUT2D eigenvalue weighted by atomic mass is 31.0. The third-order valence-electron chi connectivity index (χ3n) is 17.1. The molecule has 96 heavy (non-hydrogen) atoms. The van der Waals surface area contributed by atoms with Gasteiger partial charge in [0.2, 0.25) is 0 Å². The highest BCUT2D eigenvalue weighted by Crippen LogP contribution is 2.29. The molecular weight excluding hydrogens is 1380 g/mol. The van der Waals surface area contributed by atoms with Crippen LogP contribution in [0.5, 0.6) is 0 Å². The zero-order valence-electron chi connectivity index (χ0n) is 57.7. The van der Waals surface area contributed by atoms with Crippen molar-refractivity contribution in [3.63, 3.8) is 0 Å². The van der Waals surface area contributed by atoms with Gasteiger partial charge in [-0.3, -0.25) is 0 Å². The maximum atomic E-state index is 2.82. The summed E-state index contributed by atoms with van der Waals surface area (Å²) in [4.78, 5) is 0. The average Bonchev–Trinajstić information content (AvgIpc) is 0.893. The molecule has 0 heterocycles. The van der Waals surface area contributed by atoms with Gasteiger partial charge in [0, 0.05) is 0 Å². The third kappa shape index (κ3) is 22.9. The largest absolute Gasteiger partial charge is 0.106 e. The molecule has 0 radical (unpaired) electrons. The van der Waals surface area contributed by atoms with Crippen LogP contribution in [0.2, 0.25) is 0 Å². The average molecular weight is 1480 g/mol. The van der Waals surface area contributed by atoms with Crippen LogP contribution in [0.15, 0.2) is 218 Å². The van der Waals surface area contributed by atoms with Crippen LogP contribution in [0.25, 0.3) is 66.8 Å². The van der Waals surface area contributed by atoms with Gasteiger partial charge in [-0.25, -0.2) is 0 Å². The maximum absolute atomic E-state index is 2.82. The molecule has 0 bridgehead atoms. The molecule has 0 N–H and O–H groups in total. The van der Waals surface area contributed by atoms with Crippen LogP contribution in [0.1, 0.15) is 66.8 Å². The Morgan fingerprint density at radius 2 is 0.344 bits per heavy atom. The quantitative estimate of drug-likeness (QED) is 0.146. The van der Waals surface area contributed by atoms with E-state index in [0.29, 0.717) is 0 Å². The van der Waals surface area contributed by atoms with Crippen LogP contribution in [-0.4, -0.2) is 0 Å². The van der Waals surface area contributed by atoms with Crippen molar-refractivity contribution in [3.8, 4) is 66.8 Å². The van der Waals surface area contributed by atoms with Gasteiger partial charge in [0.05, 0.1) is 0 Å². The van der Waals surface area contributed by atoms with Crippen molar-refractivity contribution in [2.45, 2.75) is 83.1 Å². The van der Waals surface area contributed by atoms with E-state index >= 15 is 0 Å². The van der Waals surface area contributed by atoms with Crippen LogP contribution in [0.4, 0.5) is 0 Å². The van der Waals surface area contributed by atoms with E-state index in [4.69, 9.17) is 0 Å². The zero-order valence-corrected chi connectivity index (χ0v) is 71.6. The summed E-state index contributed by atoms with van der Waals surface area (Å²) in [6.45, 7) is 25.8. The van der Waals surface area contributed by atoms with E-state index in [0.717, 1.165) is 0 Å². The van der Waals surface area contributed by atoms with E-state index < -0.39 is 0 Å². The molecule has 0 aliphatic rings. The fourth-order valence-corrected chi connectivity index (χ4v) is 13.3. The predicted octanol–water partition coefficient (Wildman–Crippen LogP) is 17.8. The van der Waals surface area contributed by atoms with E-state index in [-0.39, 0.29) is 0 Å². The van der Waals surface area contributed by atoms with E-state index in [9.17, 15) is 0 Å². The number of hydrogen-bond acceptors (Lipinski definition) is 0. The minimum absolute atomic E-state index is 1.22. The number of rotatable bonds is 6. The summed E-state index contributed by atoms with van der Waals surface area (Å²) in [5.74, 6) is 0. The van der Waals surface area contributed by atoms with Crippen molar-refractivity contribution in [1.29, 1.82) is 0 Å². The Morgan fingerprint density at radius 3 is 0.615 bits per heavy atom. The van der Waals surface area contributed by atoms with Crippen molar-refractivity contribution in [2.24, 2.45) is 0 Å². The Kier molecular flexibility index (Phi) is 30.9. The lowest BCUT2D eigenvalue weighted by atomic mass is 9.97. The second kappa shape index (κ2) is 37.5. The lowest BCUT2D eigenvalue weighted by Crippen LogP contribution is -2.03. The number of aryl methyl sites for hydroxylation is 12. The summed E-state index contributed by atoms with van der Waals surface area (Å²) in [5.41, 5.74) is 31.4. The van der Waals surface area contributed by atoms with Crippen LogP contribution in [0.3, 0.4) is 0 Å². The Hall–Kier alpha value is -4.20. The van der Waals surface area contributed by atoms with Gasteiger partial charge >= 0.3 is 0 Å². The molecule has 0 saturated heterocycles. The summed E-state index contributed by atoms with van der Waals surface area (Å²) in [6.07, 6.45) is 0. The van der Waals surface area contributed by atoms with Gasteiger partial charge < -0.3 is 0 Å². The molecule has 0 nitrogen and oxygen atoms in total. The van der Waals surface area contributed by atoms with Gasteiger partial charge in [0.15, 0.2) is 0 Å². The Morgan fingerprint density at radius 1 is 0.146 bits per heavy atom. The maximum Gasteiger partial charge on any atom is -0.0154 e. The van der Waals surface area contributed by atoms with Crippen LogP contribution < -0.4 is 63.7 Å². The van der Waals surface area contributed by atoms with E-state index in [2.05, 4.69) is 412 Å². The van der Waals surface area contributed by atoms with Crippen molar-refractivity contribution >= 4 is 175 Å². The monoisotopic (exact) mass is 1480 g/mol. The highest BCUT2D eigenvalue weighted by Gasteiger charge is 2.09. The lowest BCUT2D eigenvalue weighted by Gasteiger charge is -2.11. The summed E-state index contributed by atoms with van der Waals surface area (Å²) in [7, 11) is 33.1. The van der Waals surface area contributed by atoms with Crippen LogP contribution >= 0.6 is 111 Å². The summed E-state index contributed by atoms with van der Waals surface area (Å²) in [6, 6.07) is 78.6. The molecule has 0 spiro atoms. The predicted molar refractivity (Wildman–Crippen MR) is 480 cm³/mol. The Labute approximate surface area is 604 Å².